The van der Waals surface area contributed by atoms with Crippen LogP contribution in [0.15, 0.2) is 22.7 Å². The van der Waals surface area contributed by atoms with Crippen molar-refractivity contribution in [3.05, 3.63) is 28.2 Å². The number of nitrogens with zero attached hydrogens (tertiary/aromatic N) is 1. The first-order valence-electron chi connectivity index (χ1n) is 3.53. The number of benzene rings is 1. The van der Waals surface area contributed by atoms with Crippen molar-refractivity contribution >= 4 is 37.4 Å². The minimum Gasteiger partial charge on any atom is -0.499 e. The Labute approximate surface area is 87.2 Å². The van der Waals surface area contributed by atoms with Crippen LogP contribution in [0.5, 0.6) is 5.06 Å². The van der Waals surface area contributed by atoms with Crippen LogP contribution >= 0.6 is 27.3 Å². The number of hydrogen-bond donors (Lipinski definition) is 1. The molecule has 0 aliphatic heterocycles. The molecule has 1 N–H and O–H groups in total. The molecule has 13 heavy (non-hydrogen) atoms. The van der Waals surface area contributed by atoms with Gasteiger partial charge in [0, 0.05) is 20.6 Å². The van der Waals surface area contributed by atoms with E-state index in [9.17, 15) is 5.11 Å². The molecule has 0 aliphatic rings. The molecule has 0 fully saturated rings. The lowest BCUT2D eigenvalue weighted by Crippen LogP contribution is -1.75. The molecular formula is C9H4BrNOS. The largest absolute Gasteiger partial charge is 0.499 e. The van der Waals surface area contributed by atoms with Crippen molar-refractivity contribution in [3.63, 3.8) is 0 Å². The molecule has 0 atom stereocenters. The van der Waals surface area contributed by atoms with Gasteiger partial charge in [0.05, 0.1) is 5.56 Å². The van der Waals surface area contributed by atoms with Gasteiger partial charge >= 0.3 is 0 Å². The number of thiophene rings is 1. The molecule has 0 radical (unpaired) electrons. The number of fused-ring (bicyclic) bond motifs is 1. The van der Waals surface area contributed by atoms with E-state index in [1.807, 2.05) is 6.07 Å². The summed E-state index contributed by atoms with van der Waals surface area (Å²) in [5.41, 5.74) is 0.588. The second kappa shape index (κ2) is 3.02. The van der Waals surface area contributed by atoms with E-state index in [-0.39, 0.29) is 5.06 Å². The van der Waals surface area contributed by atoms with E-state index < -0.39 is 0 Å². The third-order valence-electron chi connectivity index (χ3n) is 1.74. The first-order valence-corrected chi connectivity index (χ1v) is 5.14. The molecule has 0 aliphatic carbocycles. The summed E-state index contributed by atoms with van der Waals surface area (Å²) in [4.78, 5) is 0. The highest BCUT2D eigenvalue weighted by Crippen LogP contribution is 2.36. The normalized spacial score (nSPS) is 10.2. The summed E-state index contributed by atoms with van der Waals surface area (Å²) in [7, 11) is 0. The molecule has 0 amide bonds. The lowest BCUT2D eigenvalue weighted by atomic mass is 10.2. The minimum absolute atomic E-state index is 0.269. The standard InChI is InChI=1S/C9H4BrNOS/c10-9-5(4-11)1-2-7-6(9)3-8(12)13-7/h1-3,12H. The number of halogens is 1. The van der Waals surface area contributed by atoms with Crippen molar-refractivity contribution in [2.75, 3.05) is 0 Å². The van der Waals surface area contributed by atoms with E-state index in [1.54, 1.807) is 12.1 Å². The number of nitriles is 1. The highest BCUT2D eigenvalue weighted by Gasteiger charge is 2.07. The summed E-state index contributed by atoms with van der Waals surface area (Å²) in [6, 6.07) is 7.31. The zero-order valence-corrected chi connectivity index (χ0v) is 8.82. The van der Waals surface area contributed by atoms with Gasteiger partial charge in [0.1, 0.15) is 6.07 Å². The fraction of sp³-hybridized carbons (Fsp3) is 0. The predicted octanol–water partition coefficient (Wildman–Crippen LogP) is 3.24. The van der Waals surface area contributed by atoms with E-state index in [2.05, 4.69) is 22.0 Å². The number of hydrogen-bond acceptors (Lipinski definition) is 3. The van der Waals surface area contributed by atoms with Gasteiger partial charge in [-0.25, -0.2) is 0 Å². The molecule has 64 valence electrons. The van der Waals surface area contributed by atoms with Gasteiger partial charge in [-0.2, -0.15) is 5.26 Å². The Morgan fingerprint density at radius 1 is 1.46 bits per heavy atom. The summed E-state index contributed by atoms with van der Waals surface area (Å²) in [6.07, 6.45) is 0. The van der Waals surface area contributed by atoms with E-state index in [0.29, 0.717) is 5.56 Å². The molecule has 2 nitrogen and oxygen atoms in total. The molecule has 2 rings (SSSR count). The Bertz CT molecular complexity index is 512. The van der Waals surface area contributed by atoms with Crippen LogP contribution in [-0.4, -0.2) is 5.11 Å². The van der Waals surface area contributed by atoms with Crippen LogP contribution in [0, 0.1) is 11.3 Å². The summed E-state index contributed by atoms with van der Waals surface area (Å²) in [5.74, 6) is 0. The van der Waals surface area contributed by atoms with Gasteiger partial charge in [0.15, 0.2) is 5.06 Å². The van der Waals surface area contributed by atoms with Gasteiger partial charge in [-0.1, -0.05) is 11.3 Å². The Hall–Kier alpha value is -1.05. The van der Waals surface area contributed by atoms with E-state index in [0.717, 1.165) is 14.6 Å². The molecule has 1 aromatic carbocycles. The Balaban J connectivity index is 2.87. The smallest absolute Gasteiger partial charge is 0.172 e. The van der Waals surface area contributed by atoms with E-state index in [4.69, 9.17) is 5.26 Å². The van der Waals surface area contributed by atoms with Crippen molar-refractivity contribution in [1.29, 1.82) is 5.26 Å². The van der Waals surface area contributed by atoms with E-state index >= 15 is 0 Å². The van der Waals surface area contributed by atoms with Crippen LogP contribution < -0.4 is 0 Å². The molecule has 0 spiro atoms. The third kappa shape index (κ3) is 1.30. The highest BCUT2D eigenvalue weighted by molar-refractivity contribution is 9.10. The fourth-order valence-corrected chi connectivity index (χ4v) is 2.64. The zero-order chi connectivity index (χ0) is 9.42. The molecule has 0 saturated heterocycles. The monoisotopic (exact) mass is 253 g/mol. The fourth-order valence-electron chi connectivity index (χ4n) is 1.15. The lowest BCUT2D eigenvalue weighted by Gasteiger charge is -1.95. The average Bonchev–Trinajstić information content (AvgIpc) is 2.47. The van der Waals surface area contributed by atoms with Crippen LogP contribution in [0.1, 0.15) is 5.56 Å². The SMILES string of the molecule is N#Cc1ccc2sc(O)cc2c1Br. The van der Waals surface area contributed by atoms with Crippen LogP contribution in [0.3, 0.4) is 0 Å². The molecule has 1 heterocycles. The molecular weight excluding hydrogens is 250 g/mol. The van der Waals surface area contributed by atoms with E-state index in [1.165, 1.54) is 11.3 Å². The van der Waals surface area contributed by atoms with Gasteiger partial charge in [-0.3, -0.25) is 0 Å². The van der Waals surface area contributed by atoms with Gasteiger partial charge in [-0.15, -0.1) is 0 Å². The zero-order valence-electron chi connectivity index (χ0n) is 6.41. The highest BCUT2D eigenvalue weighted by atomic mass is 79.9. The molecule has 0 bridgehead atoms. The first-order chi connectivity index (χ1) is 6.22. The van der Waals surface area contributed by atoms with Crippen LogP contribution in [-0.2, 0) is 0 Å². The van der Waals surface area contributed by atoms with Crippen molar-refractivity contribution < 1.29 is 5.11 Å². The topological polar surface area (TPSA) is 44.0 Å². The van der Waals surface area contributed by atoms with Crippen LogP contribution in [0.2, 0.25) is 0 Å². The molecule has 1 aromatic heterocycles. The maximum Gasteiger partial charge on any atom is 0.172 e. The maximum atomic E-state index is 9.26. The van der Waals surface area contributed by atoms with Crippen molar-refractivity contribution in [2.24, 2.45) is 0 Å². The third-order valence-corrected chi connectivity index (χ3v) is 3.50. The van der Waals surface area contributed by atoms with Gasteiger partial charge in [0.2, 0.25) is 0 Å². The quantitative estimate of drug-likeness (QED) is 0.784. The molecule has 2 aromatic rings. The Morgan fingerprint density at radius 2 is 2.23 bits per heavy atom. The summed E-state index contributed by atoms with van der Waals surface area (Å²) >= 11 is 4.63. The predicted molar refractivity (Wildman–Crippen MR) is 55.9 cm³/mol. The van der Waals surface area contributed by atoms with Gasteiger partial charge in [0.25, 0.3) is 0 Å². The summed E-state index contributed by atoms with van der Waals surface area (Å²) in [5, 5.41) is 19.2. The first kappa shape index (κ1) is 8.54. The second-order valence-corrected chi connectivity index (χ2v) is 4.39. The minimum atomic E-state index is 0.269. The van der Waals surface area contributed by atoms with Crippen LogP contribution in [0.4, 0.5) is 0 Å². The average molecular weight is 254 g/mol. The van der Waals surface area contributed by atoms with Crippen molar-refractivity contribution in [1.82, 2.24) is 0 Å². The van der Waals surface area contributed by atoms with Crippen LogP contribution in [0.25, 0.3) is 10.1 Å². The molecule has 4 heteroatoms. The molecule has 0 saturated carbocycles. The number of rotatable bonds is 0. The summed E-state index contributed by atoms with van der Waals surface area (Å²) < 4.78 is 1.73. The number of aromatic hydroxyl groups is 1. The molecule has 0 unspecified atom stereocenters. The van der Waals surface area contributed by atoms with Gasteiger partial charge < -0.3 is 5.11 Å². The van der Waals surface area contributed by atoms with Crippen molar-refractivity contribution in [2.45, 2.75) is 0 Å². The maximum absolute atomic E-state index is 9.26. The van der Waals surface area contributed by atoms with Crippen molar-refractivity contribution in [3.8, 4) is 11.1 Å². The second-order valence-electron chi connectivity index (χ2n) is 2.54. The van der Waals surface area contributed by atoms with Gasteiger partial charge in [-0.05, 0) is 28.1 Å². The Morgan fingerprint density at radius 3 is 2.92 bits per heavy atom. The lowest BCUT2D eigenvalue weighted by molar-refractivity contribution is 0.491. The summed E-state index contributed by atoms with van der Waals surface area (Å²) in [6.45, 7) is 0. The Kier molecular flexibility index (Phi) is 1.98.